The molecule has 36 heavy (non-hydrogen) atoms. The van der Waals surface area contributed by atoms with E-state index in [0.29, 0.717) is 23.5 Å². The second-order valence-electron chi connectivity index (χ2n) is 8.13. The first-order chi connectivity index (χ1) is 17.5. The molecule has 0 aromatic heterocycles. The Bertz CT molecular complexity index is 1440. The lowest BCUT2D eigenvalue weighted by Gasteiger charge is -2.25. The molecule has 1 heterocycles. The van der Waals surface area contributed by atoms with Crippen molar-refractivity contribution in [3.63, 3.8) is 0 Å². The molecule has 4 aromatic carbocycles. The Morgan fingerprint density at radius 3 is 2.50 bits per heavy atom. The van der Waals surface area contributed by atoms with Crippen LogP contribution in [0, 0.1) is 5.82 Å². The topological polar surface area (TPSA) is 70.7 Å². The number of carbonyl (C=O) groups is 2. The number of halogens is 2. The molecule has 2 amide bonds. The Morgan fingerprint density at radius 2 is 1.72 bits per heavy atom. The molecular formula is C28H21ClFN3O3. The minimum absolute atomic E-state index is 0.00892. The fraction of sp³-hybridized carbons (Fsp3) is 0.0714. The van der Waals surface area contributed by atoms with Crippen molar-refractivity contribution in [3.8, 4) is 5.75 Å². The molecule has 5 rings (SSSR count). The van der Waals surface area contributed by atoms with Crippen molar-refractivity contribution in [3.05, 3.63) is 112 Å². The number of anilines is 4. The average molecular weight is 502 g/mol. The van der Waals surface area contributed by atoms with Crippen LogP contribution in [-0.4, -0.2) is 18.9 Å². The number of nitrogens with one attached hydrogen (secondary N) is 2. The van der Waals surface area contributed by atoms with E-state index in [-0.39, 0.29) is 16.5 Å². The first-order valence-corrected chi connectivity index (χ1v) is 11.5. The zero-order valence-corrected chi connectivity index (χ0v) is 20.0. The fourth-order valence-corrected chi connectivity index (χ4v) is 4.41. The molecule has 4 aromatic rings. The monoisotopic (exact) mass is 501 g/mol. The van der Waals surface area contributed by atoms with Gasteiger partial charge in [0.05, 0.1) is 40.4 Å². The molecule has 0 radical (unpaired) electrons. The SMILES string of the molecule is COc1cc(C(=O)N2c3ccccc3CNc3ccccc32)ccc1NC(=O)c1ccc(F)cc1Cl. The first kappa shape index (κ1) is 23.4. The number of methoxy groups -OCH3 is 1. The minimum atomic E-state index is -0.538. The third kappa shape index (κ3) is 4.36. The Hall–Kier alpha value is -4.36. The van der Waals surface area contributed by atoms with Gasteiger partial charge in [0.25, 0.3) is 11.8 Å². The quantitative estimate of drug-likeness (QED) is 0.328. The summed E-state index contributed by atoms with van der Waals surface area (Å²) in [4.78, 5) is 28.3. The number of ether oxygens (including phenoxy) is 1. The van der Waals surface area contributed by atoms with E-state index in [9.17, 15) is 14.0 Å². The van der Waals surface area contributed by atoms with E-state index in [2.05, 4.69) is 10.6 Å². The minimum Gasteiger partial charge on any atom is -0.495 e. The third-order valence-electron chi connectivity index (χ3n) is 5.92. The van der Waals surface area contributed by atoms with Gasteiger partial charge in [0.2, 0.25) is 0 Å². The van der Waals surface area contributed by atoms with Crippen LogP contribution in [0.5, 0.6) is 5.75 Å². The van der Waals surface area contributed by atoms with Gasteiger partial charge in [-0.1, -0.05) is 41.9 Å². The van der Waals surface area contributed by atoms with Crippen molar-refractivity contribution in [2.24, 2.45) is 0 Å². The summed E-state index contributed by atoms with van der Waals surface area (Å²) in [6.07, 6.45) is 0. The van der Waals surface area contributed by atoms with E-state index >= 15 is 0 Å². The van der Waals surface area contributed by atoms with Crippen LogP contribution in [0.15, 0.2) is 84.9 Å². The normalized spacial score (nSPS) is 12.0. The molecule has 8 heteroatoms. The first-order valence-electron chi connectivity index (χ1n) is 11.2. The van der Waals surface area contributed by atoms with E-state index in [1.165, 1.54) is 13.2 Å². The lowest BCUT2D eigenvalue weighted by molar-refractivity contribution is 0.0997. The summed E-state index contributed by atoms with van der Waals surface area (Å²) < 4.78 is 18.8. The van der Waals surface area contributed by atoms with Crippen LogP contribution in [0.2, 0.25) is 5.02 Å². The second-order valence-corrected chi connectivity index (χ2v) is 8.54. The summed E-state index contributed by atoms with van der Waals surface area (Å²) >= 11 is 6.03. The molecule has 1 aliphatic rings. The van der Waals surface area contributed by atoms with E-state index in [1.807, 2.05) is 48.5 Å². The van der Waals surface area contributed by atoms with Crippen LogP contribution in [-0.2, 0) is 6.54 Å². The number of fused-ring (bicyclic) bond motifs is 2. The van der Waals surface area contributed by atoms with Crippen molar-refractivity contribution in [2.45, 2.75) is 6.54 Å². The molecule has 180 valence electrons. The second kappa shape index (κ2) is 9.71. The standard InChI is InChI=1S/C28H21ClFN3O3/c1-36-26-14-17(10-13-23(26)32-27(34)20-12-11-19(30)15-21(20)29)28(35)33-24-8-4-2-6-18(24)16-31-22-7-3-5-9-25(22)33/h2-15,31H,16H2,1H3,(H,32,34). The molecule has 0 unspecified atom stereocenters. The van der Waals surface area contributed by atoms with Gasteiger partial charge in [0, 0.05) is 12.1 Å². The maximum Gasteiger partial charge on any atom is 0.263 e. The zero-order valence-electron chi connectivity index (χ0n) is 19.2. The molecule has 0 saturated heterocycles. The van der Waals surface area contributed by atoms with Gasteiger partial charge in [0.15, 0.2) is 0 Å². The highest BCUT2D eigenvalue weighted by molar-refractivity contribution is 6.34. The fourth-order valence-electron chi connectivity index (χ4n) is 4.16. The maximum atomic E-state index is 13.9. The third-order valence-corrected chi connectivity index (χ3v) is 6.23. The van der Waals surface area contributed by atoms with Crippen LogP contribution in [0.3, 0.4) is 0 Å². The highest BCUT2D eigenvalue weighted by Gasteiger charge is 2.27. The van der Waals surface area contributed by atoms with E-state index < -0.39 is 11.7 Å². The summed E-state index contributed by atoms with van der Waals surface area (Å²) in [7, 11) is 1.45. The van der Waals surface area contributed by atoms with Gasteiger partial charge in [-0.15, -0.1) is 0 Å². The van der Waals surface area contributed by atoms with Gasteiger partial charge >= 0.3 is 0 Å². The molecule has 0 fully saturated rings. The molecule has 6 nitrogen and oxygen atoms in total. The number of carbonyl (C=O) groups excluding carboxylic acids is 2. The van der Waals surface area contributed by atoms with E-state index in [1.54, 1.807) is 23.1 Å². The molecule has 0 spiro atoms. The van der Waals surface area contributed by atoms with Crippen molar-refractivity contribution >= 4 is 46.2 Å². The average Bonchev–Trinajstić information content (AvgIpc) is 3.05. The van der Waals surface area contributed by atoms with Crippen molar-refractivity contribution < 1.29 is 18.7 Å². The molecule has 0 aliphatic carbocycles. The summed E-state index contributed by atoms with van der Waals surface area (Å²) in [6, 6.07) is 23.7. The zero-order chi connectivity index (χ0) is 25.2. The van der Waals surface area contributed by atoms with Gasteiger partial charge in [0.1, 0.15) is 11.6 Å². The van der Waals surface area contributed by atoms with Gasteiger partial charge in [-0.05, 0) is 60.2 Å². The molecule has 2 N–H and O–H groups in total. The number of nitrogens with zero attached hydrogens (tertiary/aromatic N) is 1. The highest BCUT2D eigenvalue weighted by atomic mass is 35.5. The van der Waals surface area contributed by atoms with Crippen LogP contribution >= 0.6 is 11.6 Å². The Kier molecular flexibility index (Phi) is 6.31. The predicted octanol–water partition coefficient (Wildman–Crippen LogP) is 6.64. The molecule has 0 atom stereocenters. The number of amides is 2. The molecular weight excluding hydrogens is 481 g/mol. The maximum absolute atomic E-state index is 13.9. The van der Waals surface area contributed by atoms with Crippen LogP contribution in [0.25, 0.3) is 0 Å². The lowest BCUT2D eigenvalue weighted by atomic mass is 10.1. The highest BCUT2D eigenvalue weighted by Crippen LogP contribution is 2.39. The largest absolute Gasteiger partial charge is 0.495 e. The van der Waals surface area contributed by atoms with Crippen LogP contribution < -0.4 is 20.3 Å². The summed E-state index contributed by atoms with van der Waals surface area (Å²) in [5.74, 6) is -1.03. The smallest absolute Gasteiger partial charge is 0.263 e. The number of hydrogen-bond donors (Lipinski definition) is 2. The summed E-state index contributed by atoms with van der Waals surface area (Å²) in [5, 5.41) is 6.10. The van der Waals surface area contributed by atoms with Gasteiger partial charge in [-0.3, -0.25) is 14.5 Å². The molecule has 1 aliphatic heterocycles. The van der Waals surface area contributed by atoms with Crippen molar-refractivity contribution in [2.75, 3.05) is 22.6 Å². The lowest BCUT2D eigenvalue weighted by Crippen LogP contribution is -2.26. The van der Waals surface area contributed by atoms with E-state index in [4.69, 9.17) is 16.3 Å². The number of rotatable bonds is 4. The molecule has 0 bridgehead atoms. The van der Waals surface area contributed by atoms with Crippen molar-refractivity contribution in [1.29, 1.82) is 0 Å². The number of para-hydroxylation sites is 3. The predicted molar refractivity (Wildman–Crippen MR) is 139 cm³/mol. The van der Waals surface area contributed by atoms with Gasteiger partial charge < -0.3 is 15.4 Å². The van der Waals surface area contributed by atoms with Gasteiger partial charge in [-0.2, -0.15) is 0 Å². The summed E-state index contributed by atoms with van der Waals surface area (Å²) in [6.45, 7) is 0.581. The van der Waals surface area contributed by atoms with E-state index in [0.717, 1.165) is 34.8 Å². The Morgan fingerprint density at radius 1 is 0.972 bits per heavy atom. The number of hydrogen-bond acceptors (Lipinski definition) is 4. The Labute approximate surface area is 212 Å². The van der Waals surface area contributed by atoms with Crippen molar-refractivity contribution in [1.82, 2.24) is 0 Å². The van der Waals surface area contributed by atoms with Crippen LogP contribution in [0.1, 0.15) is 26.3 Å². The number of benzene rings is 4. The van der Waals surface area contributed by atoms with Gasteiger partial charge in [-0.25, -0.2) is 4.39 Å². The molecule has 0 saturated carbocycles. The Balaban J connectivity index is 1.50. The van der Waals surface area contributed by atoms with Crippen LogP contribution in [0.4, 0.5) is 27.1 Å². The summed E-state index contributed by atoms with van der Waals surface area (Å²) in [5.41, 5.74) is 4.17.